The summed E-state index contributed by atoms with van der Waals surface area (Å²) in [6, 6.07) is 14.7. The summed E-state index contributed by atoms with van der Waals surface area (Å²) < 4.78 is 11.6. The molecule has 0 spiro atoms. The number of fused-ring (bicyclic) bond motifs is 1. The Balaban J connectivity index is 1.81. The average Bonchev–Trinajstić information content (AvgIpc) is 3.09. The van der Waals surface area contributed by atoms with Gasteiger partial charge in [-0.15, -0.1) is 5.10 Å². The lowest BCUT2D eigenvalue weighted by Crippen LogP contribution is -2.21. The molecule has 0 N–H and O–H groups in total. The number of hydrogen-bond donors (Lipinski definition) is 0. The molecule has 4 aromatic rings. The van der Waals surface area contributed by atoms with Gasteiger partial charge in [0.05, 0.1) is 23.2 Å². The molecule has 0 saturated carbocycles. The minimum Gasteiger partial charge on any atom is -0.497 e. The summed E-state index contributed by atoms with van der Waals surface area (Å²) in [7, 11) is 1.62. The van der Waals surface area contributed by atoms with Crippen molar-refractivity contribution in [3.05, 3.63) is 64.7 Å². The zero-order valence-electron chi connectivity index (χ0n) is 13.6. The Bertz CT molecular complexity index is 1120. The van der Waals surface area contributed by atoms with Crippen LogP contribution >= 0.6 is 11.5 Å². The van der Waals surface area contributed by atoms with Crippen molar-refractivity contribution in [1.82, 2.24) is 19.1 Å². The number of ether oxygens (including phenoxy) is 1. The predicted octanol–water partition coefficient (Wildman–Crippen LogP) is 3.22. The van der Waals surface area contributed by atoms with Gasteiger partial charge in [0.15, 0.2) is 0 Å². The molecule has 0 atom stereocenters. The third-order valence-electron chi connectivity index (χ3n) is 3.96. The van der Waals surface area contributed by atoms with Crippen molar-refractivity contribution in [3.8, 4) is 22.7 Å². The number of rotatable bonds is 3. The van der Waals surface area contributed by atoms with Gasteiger partial charge in [-0.3, -0.25) is 9.36 Å². The van der Waals surface area contributed by atoms with E-state index < -0.39 is 0 Å². The SMILES string of the molecule is COc1ccc(-c2cc(=O)n(-c3ccc4snnc4c3)c(C)n2)cc1. The molecule has 2 aromatic carbocycles. The predicted molar refractivity (Wildman–Crippen MR) is 97.5 cm³/mol. The highest BCUT2D eigenvalue weighted by Gasteiger charge is 2.10. The van der Waals surface area contributed by atoms with Crippen LogP contribution in [0.4, 0.5) is 0 Å². The molecular weight excluding hydrogens is 336 g/mol. The number of aromatic nitrogens is 4. The van der Waals surface area contributed by atoms with Crippen LogP contribution in [0.25, 0.3) is 27.2 Å². The summed E-state index contributed by atoms with van der Waals surface area (Å²) in [5.74, 6) is 1.37. The van der Waals surface area contributed by atoms with Crippen molar-refractivity contribution in [2.24, 2.45) is 0 Å². The molecule has 4 rings (SSSR count). The van der Waals surface area contributed by atoms with E-state index in [0.717, 1.165) is 27.2 Å². The number of benzene rings is 2. The van der Waals surface area contributed by atoms with E-state index in [1.807, 2.05) is 49.4 Å². The second-order valence-electron chi connectivity index (χ2n) is 5.52. The lowest BCUT2D eigenvalue weighted by atomic mass is 10.1. The fraction of sp³-hybridized carbons (Fsp3) is 0.111. The van der Waals surface area contributed by atoms with Crippen LogP contribution in [0.5, 0.6) is 5.75 Å². The second-order valence-corrected chi connectivity index (χ2v) is 6.30. The van der Waals surface area contributed by atoms with Gasteiger partial charge in [-0.25, -0.2) is 4.98 Å². The van der Waals surface area contributed by atoms with Crippen LogP contribution < -0.4 is 10.3 Å². The normalized spacial score (nSPS) is 11.0. The van der Waals surface area contributed by atoms with E-state index in [4.69, 9.17) is 4.74 Å². The van der Waals surface area contributed by atoms with Crippen LogP contribution in [0.15, 0.2) is 53.3 Å². The number of methoxy groups -OCH3 is 1. The summed E-state index contributed by atoms with van der Waals surface area (Å²) in [6.07, 6.45) is 0. The Labute approximate surface area is 147 Å². The summed E-state index contributed by atoms with van der Waals surface area (Å²) >= 11 is 1.33. The zero-order chi connectivity index (χ0) is 17.4. The van der Waals surface area contributed by atoms with E-state index >= 15 is 0 Å². The molecule has 7 heteroatoms. The van der Waals surface area contributed by atoms with E-state index in [2.05, 4.69) is 14.6 Å². The first kappa shape index (κ1) is 15.5. The maximum atomic E-state index is 12.7. The summed E-state index contributed by atoms with van der Waals surface area (Å²) in [5, 5.41) is 4.07. The molecule has 124 valence electrons. The minimum absolute atomic E-state index is 0.138. The van der Waals surface area contributed by atoms with Crippen LogP contribution in [-0.2, 0) is 0 Å². The van der Waals surface area contributed by atoms with E-state index in [0.29, 0.717) is 11.5 Å². The van der Waals surface area contributed by atoms with E-state index in [1.54, 1.807) is 11.7 Å². The van der Waals surface area contributed by atoms with E-state index in [9.17, 15) is 4.79 Å². The molecule has 6 nitrogen and oxygen atoms in total. The maximum Gasteiger partial charge on any atom is 0.258 e. The van der Waals surface area contributed by atoms with Gasteiger partial charge in [0.1, 0.15) is 17.1 Å². The topological polar surface area (TPSA) is 69.9 Å². The Hall–Kier alpha value is -3.06. The van der Waals surface area contributed by atoms with Crippen molar-refractivity contribution in [1.29, 1.82) is 0 Å². The van der Waals surface area contributed by atoms with Gasteiger partial charge < -0.3 is 4.74 Å². The molecule has 0 aliphatic rings. The number of aryl methyl sites for hydroxylation is 1. The summed E-state index contributed by atoms with van der Waals surface area (Å²) in [6.45, 7) is 1.82. The standard InChI is InChI=1S/C18H14N4O2S/c1-11-19-15(12-3-6-14(24-2)7-4-12)10-18(23)22(11)13-5-8-17-16(9-13)20-21-25-17/h3-10H,1-2H3. The molecule has 0 aliphatic carbocycles. The minimum atomic E-state index is -0.138. The van der Waals surface area contributed by atoms with Gasteiger partial charge in [0, 0.05) is 11.6 Å². The molecule has 0 aliphatic heterocycles. The van der Waals surface area contributed by atoms with Crippen molar-refractivity contribution in [2.75, 3.05) is 7.11 Å². The molecule has 0 bridgehead atoms. The molecular formula is C18H14N4O2S. The highest BCUT2D eigenvalue weighted by atomic mass is 32.1. The molecule has 2 heterocycles. The van der Waals surface area contributed by atoms with Gasteiger partial charge in [-0.2, -0.15) is 0 Å². The van der Waals surface area contributed by atoms with Gasteiger partial charge >= 0.3 is 0 Å². The zero-order valence-corrected chi connectivity index (χ0v) is 14.4. The fourth-order valence-electron chi connectivity index (χ4n) is 2.73. The van der Waals surface area contributed by atoms with Crippen LogP contribution in [0.3, 0.4) is 0 Å². The summed E-state index contributed by atoms with van der Waals surface area (Å²) in [5.41, 5.74) is 2.87. The monoisotopic (exact) mass is 350 g/mol. The molecule has 0 fully saturated rings. The highest BCUT2D eigenvalue weighted by molar-refractivity contribution is 7.12. The number of hydrogen-bond acceptors (Lipinski definition) is 6. The number of nitrogens with zero attached hydrogens (tertiary/aromatic N) is 4. The van der Waals surface area contributed by atoms with E-state index in [1.165, 1.54) is 17.6 Å². The van der Waals surface area contributed by atoms with Crippen LogP contribution in [-0.4, -0.2) is 26.2 Å². The molecule has 0 amide bonds. The van der Waals surface area contributed by atoms with Crippen molar-refractivity contribution >= 4 is 21.7 Å². The molecule has 0 radical (unpaired) electrons. The largest absolute Gasteiger partial charge is 0.497 e. The highest BCUT2D eigenvalue weighted by Crippen LogP contribution is 2.22. The lowest BCUT2D eigenvalue weighted by Gasteiger charge is -2.11. The first-order valence-electron chi connectivity index (χ1n) is 7.63. The van der Waals surface area contributed by atoms with Crippen LogP contribution in [0.2, 0.25) is 0 Å². The van der Waals surface area contributed by atoms with Crippen molar-refractivity contribution in [2.45, 2.75) is 6.92 Å². The van der Waals surface area contributed by atoms with Gasteiger partial charge in [-0.1, -0.05) is 4.49 Å². The third kappa shape index (κ3) is 2.78. The smallest absolute Gasteiger partial charge is 0.258 e. The van der Waals surface area contributed by atoms with Crippen LogP contribution in [0, 0.1) is 6.92 Å². The fourth-order valence-corrected chi connectivity index (χ4v) is 3.27. The molecule has 25 heavy (non-hydrogen) atoms. The van der Waals surface area contributed by atoms with Gasteiger partial charge in [0.2, 0.25) is 0 Å². The Morgan fingerprint density at radius 2 is 1.88 bits per heavy atom. The Kier molecular flexibility index (Phi) is 3.77. The third-order valence-corrected chi connectivity index (χ3v) is 4.67. The molecule has 0 unspecified atom stereocenters. The van der Waals surface area contributed by atoms with E-state index in [-0.39, 0.29) is 5.56 Å². The Morgan fingerprint density at radius 3 is 2.60 bits per heavy atom. The maximum absolute atomic E-state index is 12.7. The van der Waals surface area contributed by atoms with Gasteiger partial charge in [0.25, 0.3) is 5.56 Å². The molecule has 0 saturated heterocycles. The lowest BCUT2D eigenvalue weighted by molar-refractivity contribution is 0.415. The second kappa shape index (κ2) is 6.10. The first-order valence-corrected chi connectivity index (χ1v) is 8.40. The summed E-state index contributed by atoms with van der Waals surface area (Å²) in [4.78, 5) is 17.3. The van der Waals surface area contributed by atoms with Crippen molar-refractivity contribution < 1.29 is 4.74 Å². The molecule has 2 aromatic heterocycles. The first-order chi connectivity index (χ1) is 12.2. The van der Waals surface area contributed by atoms with Crippen LogP contribution in [0.1, 0.15) is 5.82 Å². The Morgan fingerprint density at radius 1 is 1.08 bits per heavy atom. The average molecular weight is 350 g/mol. The quantitative estimate of drug-likeness (QED) is 0.567. The van der Waals surface area contributed by atoms with Gasteiger partial charge in [-0.05, 0) is 60.9 Å². The van der Waals surface area contributed by atoms with Crippen molar-refractivity contribution in [3.63, 3.8) is 0 Å².